The summed E-state index contributed by atoms with van der Waals surface area (Å²) in [5.41, 5.74) is 0.424. The third-order valence-electron chi connectivity index (χ3n) is 2.62. The molecule has 0 bridgehead atoms. The number of rotatable bonds is 4. The van der Waals surface area contributed by atoms with Crippen molar-refractivity contribution in [1.82, 2.24) is 0 Å². The molecule has 20 heavy (non-hydrogen) atoms. The van der Waals surface area contributed by atoms with Crippen molar-refractivity contribution in [3.05, 3.63) is 28.1 Å². The fourth-order valence-electron chi connectivity index (χ4n) is 1.75. The van der Waals surface area contributed by atoms with Gasteiger partial charge in [-0.15, -0.1) is 11.3 Å². The van der Waals surface area contributed by atoms with Crippen molar-refractivity contribution in [2.45, 2.75) is 6.42 Å². The van der Waals surface area contributed by atoms with Crippen molar-refractivity contribution in [2.75, 3.05) is 17.8 Å². The molecule has 0 saturated heterocycles. The molecule has 2 rings (SSSR count). The van der Waals surface area contributed by atoms with Gasteiger partial charge < -0.3 is 10.1 Å². The number of hydrogen-bond acceptors (Lipinski definition) is 4. The summed E-state index contributed by atoms with van der Waals surface area (Å²) in [5, 5.41) is 4.45. The van der Waals surface area contributed by atoms with Crippen LogP contribution >= 0.6 is 38.9 Å². The van der Waals surface area contributed by atoms with Crippen LogP contribution in [0.15, 0.2) is 18.2 Å². The molecule has 0 spiro atoms. The summed E-state index contributed by atoms with van der Waals surface area (Å²) in [6.07, 6.45) is 0.308. The van der Waals surface area contributed by atoms with Gasteiger partial charge in [0.15, 0.2) is 0 Å². The number of fused-ring (bicyclic) bond motifs is 1. The Balaban J connectivity index is 2.57. The van der Waals surface area contributed by atoms with Crippen LogP contribution in [-0.2, 0) is 9.53 Å². The van der Waals surface area contributed by atoms with E-state index in [2.05, 4.69) is 21.2 Å². The Morgan fingerprint density at radius 1 is 1.45 bits per heavy atom. The van der Waals surface area contributed by atoms with Gasteiger partial charge in [0.1, 0.15) is 4.88 Å². The van der Waals surface area contributed by atoms with Gasteiger partial charge in [-0.05, 0) is 12.1 Å². The van der Waals surface area contributed by atoms with Crippen LogP contribution in [0.2, 0.25) is 5.02 Å². The fraction of sp³-hybridized carbons (Fsp3) is 0.231. The maximum Gasteiger partial charge on any atom is 0.350 e. The van der Waals surface area contributed by atoms with Gasteiger partial charge in [-0.1, -0.05) is 33.6 Å². The molecule has 0 atom stereocenters. The van der Waals surface area contributed by atoms with Gasteiger partial charge in [0.25, 0.3) is 0 Å². The highest BCUT2D eigenvalue weighted by Gasteiger charge is 2.22. The van der Waals surface area contributed by atoms with Crippen molar-refractivity contribution in [3.8, 4) is 0 Å². The monoisotopic (exact) mass is 375 g/mol. The Kier molecular flexibility index (Phi) is 5.01. The molecule has 7 heteroatoms. The summed E-state index contributed by atoms with van der Waals surface area (Å²) in [4.78, 5) is 24.0. The standard InChI is InChI=1S/C13H11BrClNO3S/c1-19-13(18)12-11(16-9(17)5-6-14)10-7(15)3-2-4-8(10)20-12/h2-4H,5-6H2,1H3,(H,16,17). The first kappa shape index (κ1) is 15.3. The van der Waals surface area contributed by atoms with E-state index in [1.54, 1.807) is 12.1 Å². The summed E-state index contributed by atoms with van der Waals surface area (Å²) in [5.74, 6) is -0.678. The molecule has 1 aromatic carbocycles. The smallest absolute Gasteiger partial charge is 0.350 e. The van der Waals surface area contributed by atoms with E-state index in [4.69, 9.17) is 16.3 Å². The lowest BCUT2D eigenvalue weighted by Crippen LogP contribution is -2.14. The van der Waals surface area contributed by atoms with E-state index in [0.29, 0.717) is 32.7 Å². The number of methoxy groups -OCH3 is 1. The van der Waals surface area contributed by atoms with E-state index in [0.717, 1.165) is 4.70 Å². The Labute approximate surface area is 133 Å². The van der Waals surface area contributed by atoms with Crippen molar-refractivity contribution in [2.24, 2.45) is 0 Å². The van der Waals surface area contributed by atoms with Crippen molar-refractivity contribution in [3.63, 3.8) is 0 Å². The van der Waals surface area contributed by atoms with Crippen LogP contribution in [0.25, 0.3) is 10.1 Å². The number of amides is 1. The Bertz CT molecular complexity index is 671. The first-order valence-corrected chi connectivity index (χ1v) is 8.05. The van der Waals surface area contributed by atoms with Crippen LogP contribution < -0.4 is 5.32 Å². The predicted octanol–water partition coefficient (Wildman–Crippen LogP) is 4.06. The first-order valence-electron chi connectivity index (χ1n) is 5.73. The highest BCUT2D eigenvalue weighted by molar-refractivity contribution is 9.09. The SMILES string of the molecule is COC(=O)c1sc2cccc(Cl)c2c1NC(=O)CCBr. The van der Waals surface area contributed by atoms with Crippen molar-refractivity contribution in [1.29, 1.82) is 0 Å². The lowest BCUT2D eigenvalue weighted by Gasteiger charge is -2.06. The van der Waals surface area contributed by atoms with Gasteiger partial charge in [-0.3, -0.25) is 4.79 Å². The second kappa shape index (κ2) is 6.56. The van der Waals surface area contributed by atoms with Crippen molar-refractivity contribution < 1.29 is 14.3 Å². The minimum atomic E-state index is -0.489. The maximum absolute atomic E-state index is 11.8. The molecule has 1 amide bonds. The first-order chi connectivity index (χ1) is 9.58. The minimum absolute atomic E-state index is 0.188. The van der Waals surface area contributed by atoms with Gasteiger partial charge in [0, 0.05) is 21.8 Å². The van der Waals surface area contributed by atoms with Crippen LogP contribution in [0, 0.1) is 0 Å². The zero-order valence-electron chi connectivity index (χ0n) is 10.5. The van der Waals surface area contributed by atoms with Gasteiger partial charge in [-0.2, -0.15) is 0 Å². The summed E-state index contributed by atoms with van der Waals surface area (Å²) >= 11 is 10.6. The van der Waals surface area contributed by atoms with E-state index in [-0.39, 0.29) is 5.91 Å². The molecular formula is C13H11BrClNO3S. The topological polar surface area (TPSA) is 55.4 Å². The van der Waals surface area contributed by atoms with E-state index in [1.807, 2.05) is 6.07 Å². The normalized spacial score (nSPS) is 10.6. The molecule has 0 saturated carbocycles. The van der Waals surface area contributed by atoms with Crippen LogP contribution in [0.5, 0.6) is 0 Å². The lowest BCUT2D eigenvalue weighted by atomic mass is 10.2. The number of ether oxygens (including phenoxy) is 1. The van der Waals surface area contributed by atoms with Gasteiger partial charge in [-0.25, -0.2) is 4.79 Å². The van der Waals surface area contributed by atoms with Crippen LogP contribution in [0.3, 0.4) is 0 Å². The van der Waals surface area contributed by atoms with Crippen LogP contribution in [0.4, 0.5) is 5.69 Å². The lowest BCUT2D eigenvalue weighted by molar-refractivity contribution is -0.115. The summed E-state index contributed by atoms with van der Waals surface area (Å²) in [6.45, 7) is 0. The number of carbonyl (C=O) groups excluding carboxylic acids is 2. The molecule has 1 heterocycles. The van der Waals surface area contributed by atoms with Gasteiger partial charge in [0.2, 0.25) is 5.91 Å². The quantitative estimate of drug-likeness (QED) is 0.646. The molecule has 0 unspecified atom stereocenters. The third-order valence-corrected chi connectivity index (χ3v) is 4.47. The van der Waals surface area contributed by atoms with E-state index in [1.165, 1.54) is 18.4 Å². The Morgan fingerprint density at radius 3 is 2.85 bits per heavy atom. The highest BCUT2D eigenvalue weighted by atomic mass is 79.9. The molecule has 106 valence electrons. The highest BCUT2D eigenvalue weighted by Crippen LogP contribution is 2.40. The molecule has 1 aromatic heterocycles. The second-order valence-electron chi connectivity index (χ2n) is 3.90. The number of anilines is 1. The van der Waals surface area contributed by atoms with E-state index in [9.17, 15) is 9.59 Å². The largest absolute Gasteiger partial charge is 0.465 e. The number of benzene rings is 1. The van der Waals surface area contributed by atoms with Crippen LogP contribution in [0.1, 0.15) is 16.1 Å². The number of esters is 1. The molecule has 0 fully saturated rings. The number of thiophene rings is 1. The van der Waals surface area contributed by atoms with E-state index >= 15 is 0 Å². The average Bonchev–Trinajstić information content (AvgIpc) is 2.78. The maximum atomic E-state index is 11.8. The third kappa shape index (κ3) is 2.97. The Hall–Kier alpha value is -1.11. The molecule has 1 N–H and O–H groups in total. The summed E-state index contributed by atoms with van der Waals surface area (Å²) in [6, 6.07) is 5.36. The second-order valence-corrected chi connectivity index (χ2v) is 6.15. The number of hydrogen-bond donors (Lipinski definition) is 1. The number of halogens is 2. The molecular weight excluding hydrogens is 366 g/mol. The molecule has 0 aliphatic rings. The summed E-state index contributed by atoms with van der Waals surface area (Å²) in [7, 11) is 1.30. The number of alkyl halides is 1. The zero-order valence-corrected chi connectivity index (χ0v) is 13.7. The van der Waals surface area contributed by atoms with Gasteiger partial charge >= 0.3 is 5.97 Å². The van der Waals surface area contributed by atoms with Crippen molar-refractivity contribution >= 4 is 66.5 Å². The van der Waals surface area contributed by atoms with E-state index < -0.39 is 5.97 Å². The van der Waals surface area contributed by atoms with Gasteiger partial charge in [0.05, 0.1) is 17.8 Å². The Morgan fingerprint density at radius 2 is 2.20 bits per heavy atom. The predicted molar refractivity (Wildman–Crippen MR) is 85.2 cm³/mol. The molecule has 0 aliphatic carbocycles. The number of nitrogens with one attached hydrogen (secondary N) is 1. The summed E-state index contributed by atoms with van der Waals surface area (Å²) < 4.78 is 5.58. The fourth-order valence-corrected chi connectivity index (χ4v) is 3.54. The minimum Gasteiger partial charge on any atom is -0.465 e. The molecule has 4 nitrogen and oxygen atoms in total. The average molecular weight is 377 g/mol. The van der Waals surface area contributed by atoms with Crippen LogP contribution in [-0.4, -0.2) is 24.3 Å². The molecule has 0 aliphatic heterocycles. The zero-order chi connectivity index (χ0) is 14.7. The number of carbonyl (C=O) groups is 2. The molecule has 2 aromatic rings. The molecule has 0 radical (unpaired) electrons.